The summed E-state index contributed by atoms with van der Waals surface area (Å²) in [5, 5.41) is 3.00. The molecule has 1 fully saturated rings. The molecule has 0 saturated carbocycles. The fourth-order valence-electron chi connectivity index (χ4n) is 3.60. The van der Waals surface area contributed by atoms with E-state index in [1.807, 2.05) is 25.1 Å². The van der Waals surface area contributed by atoms with Crippen molar-refractivity contribution < 1.29 is 19.2 Å². The van der Waals surface area contributed by atoms with E-state index in [1.165, 1.54) is 11.3 Å². The quantitative estimate of drug-likeness (QED) is 0.885. The summed E-state index contributed by atoms with van der Waals surface area (Å²) in [5.41, 5.74) is 0.763. The van der Waals surface area contributed by atoms with Gasteiger partial charge in [0.25, 0.3) is 5.91 Å². The summed E-state index contributed by atoms with van der Waals surface area (Å²) in [4.78, 5) is 13.9. The lowest BCUT2D eigenvalue weighted by atomic mass is 9.91. The fraction of sp³-hybridized carbons (Fsp3) is 0.588. The van der Waals surface area contributed by atoms with Gasteiger partial charge in [0.15, 0.2) is 17.5 Å². The molecule has 3 atom stereocenters. The minimum absolute atomic E-state index is 0.0457. The summed E-state index contributed by atoms with van der Waals surface area (Å²) >= 11 is 0. The second-order valence-corrected chi connectivity index (χ2v) is 6.79. The number of piperidine rings is 1. The van der Waals surface area contributed by atoms with Crippen molar-refractivity contribution in [3.05, 3.63) is 18.2 Å². The van der Waals surface area contributed by atoms with Crippen LogP contribution in [0.3, 0.4) is 0 Å². The van der Waals surface area contributed by atoms with Crippen LogP contribution < -0.4 is 19.7 Å². The highest BCUT2D eigenvalue weighted by atomic mass is 16.7. The number of carbonyl (C=O) groups excluding carboxylic acids is 1. The SMILES string of the molecule is C[C@@H]1C[C@@H](C)C[NH+]([C@@H](C)C(=O)Nc2ccc3c(c2)OCO3)C1. The largest absolute Gasteiger partial charge is 0.454 e. The maximum Gasteiger partial charge on any atom is 0.282 e. The Hall–Kier alpha value is -1.75. The van der Waals surface area contributed by atoms with Gasteiger partial charge in [0, 0.05) is 23.6 Å². The van der Waals surface area contributed by atoms with Crippen molar-refractivity contribution in [3.63, 3.8) is 0 Å². The van der Waals surface area contributed by atoms with Gasteiger partial charge in [-0.05, 0) is 25.5 Å². The number of anilines is 1. The summed E-state index contributed by atoms with van der Waals surface area (Å²) in [7, 11) is 0. The molecule has 1 aromatic carbocycles. The molecule has 120 valence electrons. The number of benzene rings is 1. The van der Waals surface area contributed by atoms with E-state index in [-0.39, 0.29) is 18.7 Å². The molecule has 2 aliphatic rings. The number of carbonyl (C=O) groups is 1. The predicted molar refractivity (Wildman–Crippen MR) is 84.3 cm³/mol. The van der Waals surface area contributed by atoms with E-state index < -0.39 is 0 Å². The van der Waals surface area contributed by atoms with Gasteiger partial charge in [0.1, 0.15) is 0 Å². The average Bonchev–Trinajstić information content (AvgIpc) is 2.93. The number of quaternary nitrogens is 1. The topological polar surface area (TPSA) is 52.0 Å². The van der Waals surface area contributed by atoms with E-state index in [4.69, 9.17) is 9.47 Å². The van der Waals surface area contributed by atoms with Gasteiger partial charge >= 0.3 is 0 Å². The van der Waals surface area contributed by atoms with Gasteiger partial charge in [-0.2, -0.15) is 0 Å². The molecule has 1 saturated heterocycles. The van der Waals surface area contributed by atoms with Crippen molar-refractivity contribution in [1.82, 2.24) is 0 Å². The Morgan fingerprint density at radius 1 is 1.23 bits per heavy atom. The maximum atomic E-state index is 12.5. The number of fused-ring (bicyclic) bond motifs is 1. The average molecular weight is 305 g/mol. The highest BCUT2D eigenvalue weighted by Crippen LogP contribution is 2.34. The second-order valence-electron chi connectivity index (χ2n) is 6.79. The zero-order valence-electron chi connectivity index (χ0n) is 13.5. The lowest BCUT2D eigenvalue weighted by Crippen LogP contribution is -3.18. The predicted octanol–water partition coefficient (Wildman–Crippen LogP) is 1.30. The van der Waals surface area contributed by atoms with Gasteiger partial charge in [-0.3, -0.25) is 4.79 Å². The Bertz CT molecular complexity index is 551. The van der Waals surface area contributed by atoms with E-state index in [0.29, 0.717) is 17.6 Å². The smallest absolute Gasteiger partial charge is 0.282 e. The molecule has 2 N–H and O–H groups in total. The number of hydrogen-bond donors (Lipinski definition) is 2. The van der Waals surface area contributed by atoms with Crippen LogP contribution in [0.1, 0.15) is 27.2 Å². The lowest BCUT2D eigenvalue weighted by Gasteiger charge is -2.35. The molecule has 0 spiro atoms. The molecular formula is C17H25N2O3+. The zero-order chi connectivity index (χ0) is 15.7. The summed E-state index contributed by atoms with van der Waals surface area (Å²) in [6.07, 6.45) is 1.26. The molecule has 3 rings (SSSR count). The van der Waals surface area contributed by atoms with Gasteiger partial charge in [-0.1, -0.05) is 13.8 Å². The first-order valence-electron chi connectivity index (χ1n) is 8.08. The molecule has 0 radical (unpaired) electrons. The molecule has 0 unspecified atom stereocenters. The van der Waals surface area contributed by atoms with Crippen LogP contribution in [-0.4, -0.2) is 31.8 Å². The van der Waals surface area contributed by atoms with Gasteiger partial charge in [0.05, 0.1) is 13.1 Å². The molecule has 0 bridgehead atoms. The third kappa shape index (κ3) is 3.19. The summed E-state index contributed by atoms with van der Waals surface area (Å²) < 4.78 is 10.6. The molecule has 0 aromatic heterocycles. The van der Waals surface area contributed by atoms with Crippen molar-refractivity contribution >= 4 is 11.6 Å². The Morgan fingerprint density at radius 2 is 1.91 bits per heavy atom. The van der Waals surface area contributed by atoms with E-state index in [2.05, 4.69) is 19.2 Å². The number of nitrogens with one attached hydrogen (secondary N) is 2. The van der Waals surface area contributed by atoms with Gasteiger partial charge < -0.3 is 19.7 Å². The normalized spacial score (nSPS) is 28.2. The number of amides is 1. The molecule has 2 aliphatic heterocycles. The third-order valence-electron chi connectivity index (χ3n) is 4.67. The highest BCUT2D eigenvalue weighted by molar-refractivity contribution is 5.93. The van der Waals surface area contributed by atoms with Crippen LogP contribution in [0.15, 0.2) is 18.2 Å². The van der Waals surface area contributed by atoms with Gasteiger partial charge in [0.2, 0.25) is 6.79 Å². The Kier molecular flexibility index (Phi) is 4.25. The minimum Gasteiger partial charge on any atom is -0.454 e. The Labute approximate surface area is 131 Å². The van der Waals surface area contributed by atoms with Crippen LogP contribution in [0.5, 0.6) is 11.5 Å². The van der Waals surface area contributed by atoms with E-state index in [9.17, 15) is 4.79 Å². The van der Waals surface area contributed by atoms with Crippen LogP contribution in [0.2, 0.25) is 0 Å². The van der Waals surface area contributed by atoms with Crippen molar-refractivity contribution in [2.45, 2.75) is 33.2 Å². The third-order valence-corrected chi connectivity index (χ3v) is 4.67. The molecule has 1 amide bonds. The minimum atomic E-state index is -0.0457. The molecule has 22 heavy (non-hydrogen) atoms. The van der Waals surface area contributed by atoms with Crippen LogP contribution in [-0.2, 0) is 4.79 Å². The van der Waals surface area contributed by atoms with Crippen LogP contribution in [0.25, 0.3) is 0 Å². The molecule has 1 aromatic rings. The monoisotopic (exact) mass is 305 g/mol. The van der Waals surface area contributed by atoms with Crippen molar-refractivity contribution in [1.29, 1.82) is 0 Å². The standard InChI is InChI=1S/C17H24N2O3/c1-11-6-12(2)9-19(8-11)13(3)17(20)18-14-4-5-15-16(7-14)22-10-21-15/h4-5,7,11-13H,6,8-10H2,1-3H3,(H,18,20)/p+1/t11-,12-,13+/m1/s1. The second kappa shape index (κ2) is 6.16. The summed E-state index contributed by atoms with van der Waals surface area (Å²) in [6, 6.07) is 5.47. The first kappa shape index (κ1) is 15.2. The van der Waals surface area contributed by atoms with Crippen molar-refractivity contribution in [3.8, 4) is 11.5 Å². The van der Waals surface area contributed by atoms with Gasteiger partial charge in [-0.25, -0.2) is 0 Å². The first-order valence-corrected chi connectivity index (χ1v) is 8.08. The highest BCUT2D eigenvalue weighted by Gasteiger charge is 2.32. The molecule has 5 heteroatoms. The van der Waals surface area contributed by atoms with Crippen LogP contribution in [0.4, 0.5) is 5.69 Å². The van der Waals surface area contributed by atoms with E-state index in [1.54, 1.807) is 0 Å². The van der Waals surface area contributed by atoms with Crippen molar-refractivity contribution in [2.75, 3.05) is 25.2 Å². The number of ether oxygens (including phenoxy) is 2. The van der Waals surface area contributed by atoms with E-state index >= 15 is 0 Å². The Balaban J connectivity index is 1.63. The number of hydrogen-bond acceptors (Lipinski definition) is 3. The number of likely N-dealkylation sites (tertiary alicyclic amines) is 1. The summed E-state index contributed by atoms with van der Waals surface area (Å²) in [6.45, 7) is 8.95. The van der Waals surface area contributed by atoms with E-state index in [0.717, 1.165) is 24.5 Å². The van der Waals surface area contributed by atoms with Crippen LogP contribution >= 0.6 is 0 Å². The molecule has 2 heterocycles. The number of rotatable bonds is 3. The molecular weight excluding hydrogens is 280 g/mol. The summed E-state index contributed by atoms with van der Waals surface area (Å²) in [5.74, 6) is 2.85. The molecule has 0 aliphatic carbocycles. The van der Waals surface area contributed by atoms with Crippen molar-refractivity contribution in [2.24, 2.45) is 11.8 Å². The lowest BCUT2D eigenvalue weighted by molar-refractivity contribution is -0.925. The van der Waals surface area contributed by atoms with Gasteiger partial charge in [-0.15, -0.1) is 0 Å². The molecule has 5 nitrogen and oxygen atoms in total. The zero-order valence-corrected chi connectivity index (χ0v) is 13.5. The van der Waals surface area contributed by atoms with Crippen LogP contribution in [0, 0.1) is 11.8 Å². The fourth-order valence-corrected chi connectivity index (χ4v) is 3.60. The Morgan fingerprint density at radius 3 is 2.64 bits per heavy atom. The first-order chi connectivity index (χ1) is 10.5. The maximum absolute atomic E-state index is 12.5.